The van der Waals surface area contributed by atoms with Crippen LogP contribution < -0.4 is 0 Å². The molecule has 0 aliphatic rings. The Morgan fingerprint density at radius 2 is 2.04 bits per heavy atom. The van der Waals surface area contributed by atoms with Crippen molar-refractivity contribution in [3.8, 4) is 0 Å². The third kappa shape index (κ3) is 3.99. The van der Waals surface area contributed by atoms with E-state index in [9.17, 15) is 9.59 Å². The topological polar surface area (TPSA) is 61.2 Å². The van der Waals surface area contributed by atoms with Crippen molar-refractivity contribution >= 4 is 45.1 Å². The zero-order valence-electron chi connectivity index (χ0n) is 14.9. The van der Waals surface area contributed by atoms with Crippen molar-refractivity contribution in [2.75, 3.05) is 12.9 Å². The fourth-order valence-corrected chi connectivity index (χ4v) is 4.80. The van der Waals surface area contributed by atoms with Crippen molar-refractivity contribution in [2.45, 2.75) is 31.2 Å². The molecule has 0 saturated heterocycles. The standard InChI is InChI=1S/C19H20N2O3S2/c1-12-10-14(13(2)21(12)9-8-18(23)24-3)16(22)11-25-19-20-15-6-4-5-7-17(15)26-19/h4-7,10H,8-9,11H2,1-3H3. The molecule has 26 heavy (non-hydrogen) atoms. The highest BCUT2D eigenvalue weighted by molar-refractivity contribution is 8.01. The van der Waals surface area contributed by atoms with E-state index in [0.717, 1.165) is 25.9 Å². The average Bonchev–Trinajstić information content (AvgIpc) is 3.18. The molecule has 0 N–H and O–H groups in total. The lowest BCUT2D eigenvalue weighted by Crippen LogP contribution is -2.10. The first-order chi connectivity index (χ1) is 12.5. The summed E-state index contributed by atoms with van der Waals surface area (Å²) in [6.45, 7) is 4.38. The van der Waals surface area contributed by atoms with Gasteiger partial charge in [0.2, 0.25) is 0 Å². The maximum absolute atomic E-state index is 12.7. The molecule has 1 aromatic carbocycles. The van der Waals surface area contributed by atoms with Gasteiger partial charge < -0.3 is 9.30 Å². The van der Waals surface area contributed by atoms with Crippen LogP contribution in [0.1, 0.15) is 28.2 Å². The summed E-state index contributed by atoms with van der Waals surface area (Å²) in [6, 6.07) is 9.86. The summed E-state index contributed by atoms with van der Waals surface area (Å²) in [5.74, 6) is 0.171. The molecule has 7 heteroatoms. The molecule has 0 atom stereocenters. The number of carbonyl (C=O) groups excluding carboxylic acids is 2. The van der Waals surface area contributed by atoms with Crippen molar-refractivity contribution in [2.24, 2.45) is 0 Å². The predicted octanol–water partition coefficient (Wildman–Crippen LogP) is 4.25. The molecule has 0 radical (unpaired) electrons. The molecule has 0 fully saturated rings. The maximum Gasteiger partial charge on any atom is 0.307 e. The number of ketones is 1. The second kappa shape index (κ2) is 8.05. The van der Waals surface area contributed by atoms with E-state index in [2.05, 4.69) is 4.98 Å². The zero-order chi connectivity index (χ0) is 18.7. The van der Waals surface area contributed by atoms with Gasteiger partial charge in [-0.1, -0.05) is 23.9 Å². The highest BCUT2D eigenvalue weighted by atomic mass is 32.2. The van der Waals surface area contributed by atoms with Crippen molar-refractivity contribution in [1.82, 2.24) is 9.55 Å². The maximum atomic E-state index is 12.7. The normalized spacial score (nSPS) is 11.0. The van der Waals surface area contributed by atoms with Crippen LogP contribution in [0.15, 0.2) is 34.7 Å². The number of thiazole rings is 1. The number of rotatable bonds is 7. The van der Waals surface area contributed by atoms with Gasteiger partial charge in [-0.25, -0.2) is 4.98 Å². The molecule has 0 bridgehead atoms. The summed E-state index contributed by atoms with van der Waals surface area (Å²) in [6.07, 6.45) is 0.293. The van der Waals surface area contributed by atoms with Crippen molar-refractivity contribution in [1.29, 1.82) is 0 Å². The quantitative estimate of drug-likeness (QED) is 0.344. The van der Waals surface area contributed by atoms with E-state index in [1.165, 1.54) is 18.9 Å². The third-order valence-corrected chi connectivity index (χ3v) is 6.42. The molecule has 0 amide bonds. The number of thioether (sulfide) groups is 1. The number of aromatic nitrogens is 2. The van der Waals surface area contributed by atoms with Gasteiger partial charge in [0, 0.05) is 23.5 Å². The van der Waals surface area contributed by atoms with Gasteiger partial charge in [0.05, 0.1) is 29.5 Å². The summed E-state index contributed by atoms with van der Waals surface area (Å²) < 4.78 is 8.71. The first kappa shape index (κ1) is 18.7. The van der Waals surface area contributed by atoms with Crippen LogP contribution in [0.25, 0.3) is 10.2 Å². The smallest absolute Gasteiger partial charge is 0.307 e. The monoisotopic (exact) mass is 388 g/mol. The average molecular weight is 389 g/mol. The van der Waals surface area contributed by atoms with E-state index < -0.39 is 0 Å². The number of ether oxygens (including phenoxy) is 1. The second-order valence-electron chi connectivity index (χ2n) is 5.92. The Balaban J connectivity index is 1.68. The van der Waals surface area contributed by atoms with Gasteiger partial charge in [-0.3, -0.25) is 9.59 Å². The Morgan fingerprint density at radius 3 is 2.77 bits per heavy atom. The summed E-state index contributed by atoms with van der Waals surface area (Å²) in [5.41, 5.74) is 3.54. The number of para-hydroxylation sites is 1. The molecular formula is C19H20N2O3S2. The van der Waals surface area contributed by atoms with Gasteiger partial charge in [-0.05, 0) is 32.0 Å². The Labute approximate surface area is 160 Å². The van der Waals surface area contributed by atoms with Crippen LogP contribution in [0.3, 0.4) is 0 Å². The number of fused-ring (bicyclic) bond motifs is 1. The lowest BCUT2D eigenvalue weighted by Gasteiger charge is -2.08. The van der Waals surface area contributed by atoms with Gasteiger partial charge in [0.25, 0.3) is 0 Å². The summed E-state index contributed by atoms with van der Waals surface area (Å²) in [4.78, 5) is 28.6. The van der Waals surface area contributed by atoms with Crippen LogP contribution in [0.4, 0.5) is 0 Å². The summed E-state index contributed by atoms with van der Waals surface area (Å²) in [7, 11) is 1.38. The van der Waals surface area contributed by atoms with E-state index in [1.807, 2.05) is 48.7 Å². The van der Waals surface area contributed by atoms with Gasteiger partial charge in [0.1, 0.15) is 0 Å². The largest absolute Gasteiger partial charge is 0.469 e. The molecule has 0 unspecified atom stereocenters. The van der Waals surface area contributed by atoms with Crippen LogP contribution in [-0.4, -0.2) is 34.2 Å². The minimum absolute atomic E-state index is 0.0756. The molecule has 0 aliphatic heterocycles. The minimum Gasteiger partial charge on any atom is -0.469 e. The molecular weight excluding hydrogens is 368 g/mol. The Morgan fingerprint density at radius 1 is 1.27 bits per heavy atom. The van der Waals surface area contributed by atoms with E-state index in [0.29, 0.717) is 24.3 Å². The summed E-state index contributed by atoms with van der Waals surface area (Å²) in [5, 5.41) is 0. The number of methoxy groups -OCH3 is 1. The van der Waals surface area contributed by atoms with E-state index >= 15 is 0 Å². The zero-order valence-corrected chi connectivity index (χ0v) is 16.6. The van der Waals surface area contributed by atoms with E-state index in [-0.39, 0.29) is 11.8 Å². The Hall–Kier alpha value is -2.12. The molecule has 136 valence electrons. The van der Waals surface area contributed by atoms with Crippen LogP contribution in [0.5, 0.6) is 0 Å². The van der Waals surface area contributed by atoms with Gasteiger partial charge >= 0.3 is 5.97 Å². The highest BCUT2D eigenvalue weighted by Crippen LogP contribution is 2.30. The van der Waals surface area contributed by atoms with Crippen molar-refractivity contribution < 1.29 is 14.3 Å². The molecule has 0 spiro atoms. The van der Waals surface area contributed by atoms with Crippen LogP contribution >= 0.6 is 23.1 Å². The number of benzene rings is 1. The molecule has 2 heterocycles. The van der Waals surface area contributed by atoms with E-state index in [4.69, 9.17) is 4.74 Å². The van der Waals surface area contributed by atoms with Crippen LogP contribution in [0, 0.1) is 13.8 Å². The number of nitrogens with zero attached hydrogens (tertiary/aromatic N) is 2. The lowest BCUT2D eigenvalue weighted by molar-refractivity contribution is -0.140. The van der Waals surface area contributed by atoms with E-state index in [1.54, 1.807) is 11.3 Å². The third-order valence-electron chi connectivity index (χ3n) is 4.24. The number of Topliss-reactive ketones (excluding diaryl/α,β-unsaturated/α-hetero) is 1. The number of hydrogen-bond acceptors (Lipinski definition) is 6. The number of esters is 1. The van der Waals surface area contributed by atoms with Crippen molar-refractivity contribution in [3.05, 3.63) is 47.3 Å². The molecule has 0 aliphatic carbocycles. The lowest BCUT2D eigenvalue weighted by atomic mass is 10.2. The van der Waals surface area contributed by atoms with Crippen LogP contribution in [-0.2, 0) is 16.1 Å². The Kier molecular flexibility index (Phi) is 5.78. The molecule has 0 saturated carbocycles. The summed E-state index contributed by atoms with van der Waals surface area (Å²) >= 11 is 3.07. The van der Waals surface area contributed by atoms with Gasteiger partial charge in [0.15, 0.2) is 10.1 Å². The molecule has 5 nitrogen and oxygen atoms in total. The molecule has 3 rings (SSSR count). The first-order valence-electron chi connectivity index (χ1n) is 8.24. The van der Waals surface area contributed by atoms with Gasteiger partial charge in [-0.2, -0.15) is 0 Å². The van der Waals surface area contributed by atoms with Crippen LogP contribution in [0.2, 0.25) is 0 Å². The second-order valence-corrected chi connectivity index (χ2v) is 8.18. The predicted molar refractivity (Wildman–Crippen MR) is 105 cm³/mol. The highest BCUT2D eigenvalue weighted by Gasteiger charge is 2.17. The van der Waals surface area contributed by atoms with Crippen molar-refractivity contribution in [3.63, 3.8) is 0 Å². The molecule has 2 aromatic heterocycles. The number of hydrogen-bond donors (Lipinski definition) is 0. The SMILES string of the molecule is COC(=O)CCn1c(C)cc(C(=O)CSc2nc3ccccc3s2)c1C. The number of carbonyl (C=O) groups is 2. The minimum atomic E-state index is -0.253. The molecule has 3 aromatic rings. The Bertz CT molecular complexity index is 926. The fourth-order valence-electron chi connectivity index (χ4n) is 2.85. The fraction of sp³-hybridized carbons (Fsp3) is 0.316. The van der Waals surface area contributed by atoms with Gasteiger partial charge in [-0.15, -0.1) is 11.3 Å². The number of aryl methyl sites for hydroxylation is 1. The first-order valence-corrected chi connectivity index (χ1v) is 10.0.